The molecule has 0 bridgehead atoms. The average molecular weight is 226 g/mol. The van der Waals surface area contributed by atoms with E-state index in [1.807, 2.05) is 4.90 Å². The molecule has 2 aliphatic rings. The van der Waals surface area contributed by atoms with Gasteiger partial charge in [-0.15, -0.1) is 0 Å². The zero-order chi connectivity index (χ0) is 11.4. The van der Waals surface area contributed by atoms with Gasteiger partial charge in [0.25, 0.3) is 0 Å². The molecule has 1 aliphatic heterocycles. The lowest BCUT2D eigenvalue weighted by molar-refractivity contribution is -0.132. The van der Waals surface area contributed by atoms with Gasteiger partial charge in [-0.3, -0.25) is 4.79 Å². The summed E-state index contributed by atoms with van der Waals surface area (Å²) in [4.78, 5) is 13.8. The van der Waals surface area contributed by atoms with Crippen LogP contribution in [0.5, 0.6) is 0 Å². The van der Waals surface area contributed by atoms with Crippen molar-refractivity contribution in [2.75, 3.05) is 26.2 Å². The maximum absolute atomic E-state index is 12.0. The summed E-state index contributed by atoms with van der Waals surface area (Å²) in [5, 5.41) is 12.3. The van der Waals surface area contributed by atoms with Crippen LogP contribution >= 0.6 is 0 Å². The first-order valence-electron chi connectivity index (χ1n) is 6.42. The van der Waals surface area contributed by atoms with Crippen molar-refractivity contribution in [1.29, 1.82) is 0 Å². The molecule has 1 saturated carbocycles. The Morgan fingerprint density at radius 2 is 2.19 bits per heavy atom. The van der Waals surface area contributed by atoms with Gasteiger partial charge >= 0.3 is 0 Å². The Labute approximate surface area is 97.0 Å². The molecule has 2 N–H and O–H groups in total. The fourth-order valence-electron chi connectivity index (χ4n) is 2.44. The van der Waals surface area contributed by atoms with E-state index in [2.05, 4.69) is 5.32 Å². The first kappa shape index (κ1) is 11.9. The summed E-state index contributed by atoms with van der Waals surface area (Å²) < 4.78 is 0. The topological polar surface area (TPSA) is 52.6 Å². The summed E-state index contributed by atoms with van der Waals surface area (Å²) in [6.07, 6.45) is 5.10. The molecule has 1 saturated heterocycles. The van der Waals surface area contributed by atoms with Crippen LogP contribution in [-0.4, -0.2) is 48.2 Å². The van der Waals surface area contributed by atoms with E-state index in [1.54, 1.807) is 0 Å². The lowest BCUT2D eigenvalue weighted by Gasteiger charge is -2.22. The molecule has 2 rings (SSSR count). The lowest BCUT2D eigenvalue weighted by Crippen LogP contribution is -2.35. The van der Waals surface area contributed by atoms with Crippen LogP contribution in [0.3, 0.4) is 0 Å². The summed E-state index contributed by atoms with van der Waals surface area (Å²) in [5.41, 5.74) is 0. The summed E-state index contributed by atoms with van der Waals surface area (Å²) in [6.45, 7) is 2.78. The Morgan fingerprint density at radius 1 is 1.38 bits per heavy atom. The predicted molar refractivity (Wildman–Crippen MR) is 62.0 cm³/mol. The smallest absolute Gasteiger partial charge is 0.222 e. The van der Waals surface area contributed by atoms with E-state index in [0.717, 1.165) is 32.4 Å². The minimum absolute atomic E-state index is 0.0905. The van der Waals surface area contributed by atoms with Gasteiger partial charge in [-0.05, 0) is 44.7 Å². The van der Waals surface area contributed by atoms with Crippen LogP contribution in [0, 0.1) is 5.92 Å². The van der Waals surface area contributed by atoms with Crippen LogP contribution in [0.2, 0.25) is 0 Å². The van der Waals surface area contributed by atoms with Gasteiger partial charge in [0.15, 0.2) is 0 Å². The molecule has 92 valence electrons. The second kappa shape index (κ2) is 5.64. The highest BCUT2D eigenvalue weighted by molar-refractivity contribution is 5.76. The predicted octanol–water partition coefficient (Wildman–Crippen LogP) is 0.359. The number of carbonyl (C=O) groups excluding carboxylic acids is 1. The number of aliphatic hydroxyl groups excluding tert-OH is 1. The molecule has 1 atom stereocenters. The third-order valence-electron chi connectivity index (χ3n) is 3.58. The molecule has 1 heterocycles. The Hall–Kier alpha value is -0.610. The summed E-state index contributed by atoms with van der Waals surface area (Å²) in [6, 6.07) is 0.432. The molecular formula is C12H22N2O2. The van der Waals surface area contributed by atoms with Crippen LogP contribution in [0.25, 0.3) is 0 Å². The zero-order valence-electron chi connectivity index (χ0n) is 9.82. The van der Waals surface area contributed by atoms with Crippen molar-refractivity contribution in [3.8, 4) is 0 Å². The van der Waals surface area contributed by atoms with Gasteiger partial charge < -0.3 is 15.3 Å². The molecule has 0 aromatic rings. The van der Waals surface area contributed by atoms with Crippen molar-refractivity contribution >= 4 is 5.91 Å². The molecule has 16 heavy (non-hydrogen) atoms. The number of amides is 1. The molecule has 0 radical (unpaired) electrons. The summed E-state index contributed by atoms with van der Waals surface area (Å²) >= 11 is 0. The molecule has 1 unspecified atom stereocenters. The van der Waals surface area contributed by atoms with Crippen molar-refractivity contribution in [2.24, 2.45) is 5.92 Å². The van der Waals surface area contributed by atoms with Crippen molar-refractivity contribution in [3.63, 3.8) is 0 Å². The number of aliphatic hydroxyl groups is 1. The van der Waals surface area contributed by atoms with Gasteiger partial charge in [0.05, 0.1) is 6.61 Å². The Balaban J connectivity index is 1.71. The van der Waals surface area contributed by atoms with E-state index in [1.165, 1.54) is 6.42 Å². The van der Waals surface area contributed by atoms with E-state index < -0.39 is 0 Å². The van der Waals surface area contributed by atoms with E-state index in [4.69, 9.17) is 5.11 Å². The summed E-state index contributed by atoms with van der Waals surface area (Å²) in [5.74, 6) is 0.919. The largest absolute Gasteiger partial charge is 0.395 e. The second-order valence-electron chi connectivity index (χ2n) is 4.94. The zero-order valence-corrected chi connectivity index (χ0v) is 9.82. The van der Waals surface area contributed by atoms with E-state index >= 15 is 0 Å². The molecule has 1 aliphatic carbocycles. The number of nitrogens with zero attached hydrogens (tertiary/aromatic N) is 1. The molecule has 0 aromatic carbocycles. The monoisotopic (exact) mass is 226 g/mol. The van der Waals surface area contributed by atoms with Crippen molar-refractivity contribution in [2.45, 2.75) is 38.1 Å². The van der Waals surface area contributed by atoms with E-state index in [0.29, 0.717) is 24.9 Å². The maximum Gasteiger partial charge on any atom is 0.222 e. The summed E-state index contributed by atoms with van der Waals surface area (Å²) in [7, 11) is 0. The van der Waals surface area contributed by atoms with Gasteiger partial charge in [-0.25, -0.2) is 0 Å². The first-order valence-corrected chi connectivity index (χ1v) is 6.42. The van der Waals surface area contributed by atoms with Gasteiger partial charge in [0.2, 0.25) is 5.91 Å². The third kappa shape index (κ3) is 3.19. The number of carbonyl (C=O) groups is 1. The van der Waals surface area contributed by atoms with Gasteiger partial charge in [-0.2, -0.15) is 0 Å². The fraction of sp³-hybridized carbons (Fsp3) is 0.917. The highest BCUT2D eigenvalue weighted by atomic mass is 16.3. The van der Waals surface area contributed by atoms with Crippen LogP contribution in [0.4, 0.5) is 0 Å². The van der Waals surface area contributed by atoms with Crippen LogP contribution in [-0.2, 0) is 4.79 Å². The van der Waals surface area contributed by atoms with Gasteiger partial charge in [0, 0.05) is 19.0 Å². The van der Waals surface area contributed by atoms with Gasteiger partial charge in [0.1, 0.15) is 0 Å². The first-order chi connectivity index (χ1) is 7.81. The maximum atomic E-state index is 12.0. The molecule has 4 nitrogen and oxygen atoms in total. The molecule has 4 heteroatoms. The fourth-order valence-corrected chi connectivity index (χ4v) is 2.44. The minimum Gasteiger partial charge on any atom is -0.395 e. The molecule has 2 fully saturated rings. The molecule has 0 spiro atoms. The SMILES string of the molecule is O=C(CCC1CCNC1)N(CCO)C1CC1. The normalized spacial score (nSPS) is 24.7. The Morgan fingerprint density at radius 3 is 2.75 bits per heavy atom. The van der Waals surface area contributed by atoms with E-state index in [-0.39, 0.29) is 12.5 Å². The Bertz CT molecular complexity index is 235. The average Bonchev–Trinajstić information content (AvgIpc) is 2.99. The second-order valence-corrected chi connectivity index (χ2v) is 4.94. The van der Waals surface area contributed by atoms with Crippen molar-refractivity contribution in [1.82, 2.24) is 10.2 Å². The third-order valence-corrected chi connectivity index (χ3v) is 3.58. The van der Waals surface area contributed by atoms with Crippen LogP contribution < -0.4 is 5.32 Å². The van der Waals surface area contributed by atoms with E-state index in [9.17, 15) is 4.79 Å². The van der Waals surface area contributed by atoms with Crippen LogP contribution in [0.15, 0.2) is 0 Å². The van der Waals surface area contributed by atoms with Crippen LogP contribution in [0.1, 0.15) is 32.1 Å². The quantitative estimate of drug-likeness (QED) is 0.687. The highest BCUT2D eigenvalue weighted by Gasteiger charge is 2.32. The number of nitrogens with one attached hydrogen (secondary N) is 1. The highest BCUT2D eigenvalue weighted by Crippen LogP contribution is 2.27. The number of hydrogen-bond acceptors (Lipinski definition) is 3. The van der Waals surface area contributed by atoms with Crippen molar-refractivity contribution < 1.29 is 9.90 Å². The molecule has 1 amide bonds. The van der Waals surface area contributed by atoms with Crippen molar-refractivity contribution in [3.05, 3.63) is 0 Å². The minimum atomic E-state index is 0.0905. The number of hydrogen-bond donors (Lipinski definition) is 2. The van der Waals surface area contributed by atoms with Gasteiger partial charge in [-0.1, -0.05) is 0 Å². The molecule has 0 aromatic heterocycles. The molecular weight excluding hydrogens is 204 g/mol. The standard InChI is InChI=1S/C12H22N2O2/c15-8-7-14(11-2-3-11)12(16)4-1-10-5-6-13-9-10/h10-11,13,15H,1-9H2. The Kier molecular flexibility index (Phi) is 4.18. The lowest BCUT2D eigenvalue weighted by atomic mass is 10.0. The number of rotatable bonds is 6.